The van der Waals surface area contributed by atoms with Crippen molar-refractivity contribution < 1.29 is 4.79 Å². The zero-order valence-corrected chi connectivity index (χ0v) is 9.07. The zero-order chi connectivity index (χ0) is 10.4. The summed E-state index contributed by atoms with van der Waals surface area (Å²) in [6, 6.07) is 8.01. The summed E-state index contributed by atoms with van der Waals surface area (Å²) >= 11 is 0. The van der Waals surface area contributed by atoms with Crippen LogP contribution in [0.25, 0.3) is 0 Å². The summed E-state index contributed by atoms with van der Waals surface area (Å²) < 4.78 is 0. The van der Waals surface area contributed by atoms with E-state index in [0.717, 1.165) is 30.2 Å². The van der Waals surface area contributed by atoms with E-state index in [1.165, 1.54) is 12.0 Å². The minimum Gasteiger partial charge on any atom is -0.294 e. The van der Waals surface area contributed by atoms with Crippen molar-refractivity contribution in [3.63, 3.8) is 0 Å². The molecule has 0 N–H and O–H groups in total. The maximum atomic E-state index is 12.2. The highest BCUT2D eigenvalue weighted by Crippen LogP contribution is 2.54. The highest BCUT2D eigenvalue weighted by atomic mass is 16.1. The van der Waals surface area contributed by atoms with Crippen molar-refractivity contribution >= 4 is 5.78 Å². The van der Waals surface area contributed by atoms with Crippen LogP contribution in [-0.4, -0.2) is 5.78 Å². The first kappa shape index (κ1) is 9.14. The van der Waals surface area contributed by atoms with E-state index in [0.29, 0.717) is 11.7 Å². The Labute approximate surface area is 90.5 Å². The molecule has 15 heavy (non-hydrogen) atoms. The number of hydrogen-bond acceptors (Lipinski definition) is 1. The van der Waals surface area contributed by atoms with E-state index < -0.39 is 0 Å². The van der Waals surface area contributed by atoms with Crippen LogP contribution in [0.5, 0.6) is 0 Å². The van der Waals surface area contributed by atoms with Crippen LogP contribution >= 0.6 is 0 Å². The molecule has 2 atom stereocenters. The summed E-state index contributed by atoms with van der Waals surface area (Å²) in [5.74, 6) is 2.49. The largest absolute Gasteiger partial charge is 0.294 e. The average Bonchev–Trinajstić information content (AvgIpc) is 2.85. The van der Waals surface area contributed by atoms with Gasteiger partial charge in [0.2, 0.25) is 0 Å². The second-order valence-corrected chi connectivity index (χ2v) is 5.16. The Kier molecular flexibility index (Phi) is 1.95. The number of Topliss-reactive ketones (excluding diaryl/α,β-unsaturated/α-hetero) is 1. The van der Waals surface area contributed by atoms with Gasteiger partial charge in [-0.05, 0) is 44.1 Å². The van der Waals surface area contributed by atoms with Gasteiger partial charge in [-0.15, -0.1) is 0 Å². The summed E-state index contributed by atoms with van der Waals surface area (Å²) in [4.78, 5) is 12.2. The molecule has 1 heteroatoms. The molecule has 1 aromatic carbocycles. The maximum absolute atomic E-state index is 12.2. The van der Waals surface area contributed by atoms with Crippen molar-refractivity contribution in [2.75, 3.05) is 0 Å². The second kappa shape index (κ2) is 3.19. The molecule has 0 bridgehead atoms. The number of ketones is 1. The van der Waals surface area contributed by atoms with E-state index in [1.54, 1.807) is 0 Å². The molecule has 2 unspecified atom stereocenters. The van der Waals surface area contributed by atoms with E-state index in [4.69, 9.17) is 0 Å². The van der Waals surface area contributed by atoms with Gasteiger partial charge >= 0.3 is 0 Å². The smallest absolute Gasteiger partial charge is 0.165 e. The third-order valence-electron chi connectivity index (χ3n) is 3.92. The fourth-order valence-electron chi connectivity index (χ4n) is 2.96. The Morgan fingerprint density at radius 1 is 1.20 bits per heavy atom. The van der Waals surface area contributed by atoms with Gasteiger partial charge in [-0.2, -0.15) is 0 Å². The first-order chi connectivity index (χ1) is 7.24. The second-order valence-electron chi connectivity index (χ2n) is 5.16. The van der Waals surface area contributed by atoms with Crippen LogP contribution in [0, 0.1) is 24.7 Å². The zero-order valence-electron chi connectivity index (χ0n) is 9.07. The third kappa shape index (κ3) is 1.60. The van der Waals surface area contributed by atoms with Crippen LogP contribution in [0.4, 0.5) is 0 Å². The number of carbonyl (C=O) groups excluding carboxylic acids is 1. The number of carbonyl (C=O) groups is 1. The molecule has 0 aromatic heterocycles. The first-order valence-corrected chi connectivity index (χ1v) is 5.85. The van der Waals surface area contributed by atoms with Gasteiger partial charge in [0.05, 0.1) is 0 Å². The minimum atomic E-state index is 0.329. The lowest BCUT2D eigenvalue weighted by atomic mass is 9.93. The molecular formula is C14H16O. The molecule has 2 fully saturated rings. The lowest BCUT2D eigenvalue weighted by Crippen LogP contribution is -2.12. The summed E-state index contributed by atoms with van der Waals surface area (Å²) in [7, 11) is 0. The van der Waals surface area contributed by atoms with E-state index in [2.05, 4.69) is 0 Å². The third-order valence-corrected chi connectivity index (χ3v) is 3.92. The molecule has 3 rings (SSSR count). The van der Waals surface area contributed by atoms with Crippen molar-refractivity contribution in [1.82, 2.24) is 0 Å². The van der Waals surface area contributed by atoms with Gasteiger partial charge < -0.3 is 0 Å². The Morgan fingerprint density at radius 3 is 2.60 bits per heavy atom. The fraction of sp³-hybridized carbons (Fsp3) is 0.500. The maximum Gasteiger partial charge on any atom is 0.165 e. The van der Waals surface area contributed by atoms with Crippen LogP contribution in [0.1, 0.15) is 35.2 Å². The lowest BCUT2D eigenvalue weighted by Gasteiger charge is -2.10. The van der Waals surface area contributed by atoms with Gasteiger partial charge in [-0.1, -0.05) is 23.8 Å². The van der Waals surface area contributed by atoms with Gasteiger partial charge in [0, 0.05) is 11.5 Å². The molecule has 0 heterocycles. The topological polar surface area (TPSA) is 17.1 Å². The van der Waals surface area contributed by atoms with Crippen LogP contribution in [-0.2, 0) is 0 Å². The molecule has 0 spiro atoms. The van der Waals surface area contributed by atoms with Gasteiger partial charge in [0.1, 0.15) is 0 Å². The SMILES string of the molecule is Cc1cccc(C(=O)C2CC3CC3C2)c1. The number of rotatable bonds is 2. The standard InChI is InChI=1S/C14H16O/c1-9-3-2-4-10(5-9)14(15)13-7-11-6-12(11)8-13/h2-5,11-13H,6-8H2,1H3. The fourth-order valence-corrected chi connectivity index (χ4v) is 2.96. The van der Waals surface area contributed by atoms with E-state index in [-0.39, 0.29) is 0 Å². The van der Waals surface area contributed by atoms with Crippen molar-refractivity contribution in [1.29, 1.82) is 0 Å². The van der Waals surface area contributed by atoms with E-state index in [1.807, 2.05) is 31.2 Å². The normalized spacial score (nSPS) is 32.5. The monoisotopic (exact) mass is 200 g/mol. The quantitative estimate of drug-likeness (QED) is 0.670. The number of hydrogen-bond donors (Lipinski definition) is 0. The Hall–Kier alpha value is -1.11. The summed E-state index contributed by atoms with van der Waals surface area (Å²) in [5.41, 5.74) is 2.10. The highest BCUT2D eigenvalue weighted by molar-refractivity contribution is 5.98. The summed E-state index contributed by atoms with van der Waals surface area (Å²) in [5, 5.41) is 0. The van der Waals surface area contributed by atoms with Crippen LogP contribution < -0.4 is 0 Å². The first-order valence-electron chi connectivity index (χ1n) is 5.85. The Balaban J connectivity index is 1.79. The van der Waals surface area contributed by atoms with Gasteiger partial charge in [0.15, 0.2) is 5.78 Å². The molecule has 2 aliphatic carbocycles. The summed E-state index contributed by atoms with van der Waals surface area (Å²) in [6.45, 7) is 2.04. The molecule has 0 aliphatic heterocycles. The number of benzene rings is 1. The van der Waals surface area contributed by atoms with Gasteiger partial charge in [-0.25, -0.2) is 0 Å². The van der Waals surface area contributed by atoms with Gasteiger partial charge in [0.25, 0.3) is 0 Å². The number of fused-ring (bicyclic) bond motifs is 1. The lowest BCUT2D eigenvalue weighted by molar-refractivity contribution is 0.0914. The average molecular weight is 200 g/mol. The van der Waals surface area contributed by atoms with Crippen molar-refractivity contribution in [2.24, 2.45) is 17.8 Å². The molecule has 78 valence electrons. The van der Waals surface area contributed by atoms with Crippen molar-refractivity contribution in [2.45, 2.75) is 26.2 Å². The predicted molar refractivity (Wildman–Crippen MR) is 59.8 cm³/mol. The molecular weight excluding hydrogens is 184 g/mol. The molecule has 0 saturated heterocycles. The highest BCUT2D eigenvalue weighted by Gasteiger charge is 2.47. The van der Waals surface area contributed by atoms with Gasteiger partial charge in [-0.3, -0.25) is 4.79 Å². The van der Waals surface area contributed by atoms with Crippen LogP contribution in [0.15, 0.2) is 24.3 Å². The molecule has 0 amide bonds. The molecule has 1 nitrogen and oxygen atoms in total. The number of aryl methyl sites for hydroxylation is 1. The molecule has 2 aliphatic rings. The predicted octanol–water partition coefficient (Wildman–Crippen LogP) is 3.22. The minimum absolute atomic E-state index is 0.329. The molecule has 2 saturated carbocycles. The van der Waals surface area contributed by atoms with Crippen molar-refractivity contribution in [3.05, 3.63) is 35.4 Å². The molecule has 0 radical (unpaired) electrons. The van der Waals surface area contributed by atoms with E-state index >= 15 is 0 Å². The van der Waals surface area contributed by atoms with Crippen LogP contribution in [0.2, 0.25) is 0 Å². The Bertz CT molecular complexity index is 398. The molecule has 1 aromatic rings. The van der Waals surface area contributed by atoms with Crippen molar-refractivity contribution in [3.8, 4) is 0 Å². The van der Waals surface area contributed by atoms with Crippen LogP contribution in [0.3, 0.4) is 0 Å². The summed E-state index contributed by atoms with van der Waals surface area (Å²) in [6.07, 6.45) is 3.69. The Morgan fingerprint density at radius 2 is 1.93 bits per heavy atom. The van der Waals surface area contributed by atoms with E-state index in [9.17, 15) is 4.79 Å².